The van der Waals surface area contributed by atoms with Crippen LogP contribution in [0.3, 0.4) is 0 Å². The molecule has 0 radical (unpaired) electrons. The van der Waals surface area contributed by atoms with Gasteiger partial charge in [-0.25, -0.2) is 9.97 Å². The van der Waals surface area contributed by atoms with Gasteiger partial charge in [-0.15, -0.1) is 0 Å². The van der Waals surface area contributed by atoms with Crippen molar-refractivity contribution in [2.45, 2.75) is 6.92 Å². The van der Waals surface area contributed by atoms with Crippen LogP contribution in [0.5, 0.6) is 0 Å². The van der Waals surface area contributed by atoms with E-state index in [1.54, 1.807) is 12.5 Å². The molecule has 0 aromatic carbocycles. The van der Waals surface area contributed by atoms with Crippen LogP contribution in [-0.2, 0) is 0 Å². The fourth-order valence-corrected chi connectivity index (χ4v) is 1.40. The minimum Gasteiger partial charge on any atom is -0.373 e. The number of nitrogens with zero attached hydrogens (tertiary/aromatic N) is 3. The Labute approximate surface area is 88.4 Å². The zero-order valence-corrected chi connectivity index (χ0v) is 8.73. The van der Waals surface area contributed by atoms with E-state index in [2.05, 4.69) is 20.3 Å². The number of aromatic nitrogens is 3. The molecule has 0 atom stereocenters. The summed E-state index contributed by atoms with van der Waals surface area (Å²) in [7, 11) is 1.84. The molecule has 1 N–H and O–H groups in total. The molecule has 15 heavy (non-hydrogen) atoms. The predicted molar refractivity (Wildman–Crippen MR) is 59.5 cm³/mol. The van der Waals surface area contributed by atoms with Crippen LogP contribution < -0.4 is 5.32 Å². The van der Waals surface area contributed by atoms with E-state index in [0.717, 1.165) is 22.6 Å². The van der Waals surface area contributed by atoms with E-state index in [0.29, 0.717) is 0 Å². The first-order valence-corrected chi connectivity index (χ1v) is 4.72. The van der Waals surface area contributed by atoms with E-state index in [9.17, 15) is 0 Å². The summed E-state index contributed by atoms with van der Waals surface area (Å²) in [5, 5.41) is 2.99. The maximum Gasteiger partial charge on any atom is 0.129 e. The normalized spacial score (nSPS) is 10.0. The van der Waals surface area contributed by atoms with Crippen molar-refractivity contribution in [1.29, 1.82) is 0 Å². The number of rotatable bonds is 2. The Morgan fingerprint density at radius 2 is 2.13 bits per heavy atom. The smallest absolute Gasteiger partial charge is 0.129 e. The third kappa shape index (κ3) is 1.93. The molecule has 4 heteroatoms. The maximum atomic E-state index is 4.24. The number of hydrogen-bond donors (Lipinski definition) is 1. The molecular weight excluding hydrogens is 188 g/mol. The summed E-state index contributed by atoms with van der Waals surface area (Å²) in [6, 6.07) is 3.87. The van der Waals surface area contributed by atoms with Gasteiger partial charge in [0.25, 0.3) is 0 Å². The zero-order valence-electron chi connectivity index (χ0n) is 8.73. The number of nitrogens with one attached hydrogen (secondary N) is 1. The van der Waals surface area contributed by atoms with Crippen LogP contribution >= 0.6 is 0 Å². The highest BCUT2D eigenvalue weighted by atomic mass is 15.0. The van der Waals surface area contributed by atoms with Crippen LogP contribution in [0.4, 0.5) is 5.82 Å². The van der Waals surface area contributed by atoms with E-state index in [4.69, 9.17) is 0 Å². The second-order valence-corrected chi connectivity index (χ2v) is 3.23. The fourth-order valence-electron chi connectivity index (χ4n) is 1.40. The highest BCUT2D eigenvalue weighted by Crippen LogP contribution is 2.20. The highest BCUT2D eigenvalue weighted by Gasteiger charge is 2.03. The van der Waals surface area contributed by atoms with E-state index in [1.165, 1.54) is 0 Å². The Morgan fingerprint density at radius 1 is 1.27 bits per heavy atom. The number of hydrogen-bond acceptors (Lipinski definition) is 4. The molecule has 0 aliphatic rings. The summed E-state index contributed by atoms with van der Waals surface area (Å²) >= 11 is 0. The van der Waals surface area contributed by atoms with Gasteiger partial charge in [0, 0.05) is 31.1 Å². The SMILES string of the molecule is CNc1cc(-c2ccncc2C)ncn1. The number of anilines is 1. The van der Waals surface area contributed by atoms with Crippen molar-refractivity contribution in [3.63, 3.8) is 0 Å². The van der Waals surface area contributed by atoms with E-state index in [-0.39, 0.29) is 0 Å². The summed E-state index contributed by atoms with van der Waals surface area (Å²) in [6.45, 7) is 2.02. The molecule has 2 heterocycles. The first-order valence-electron chi connectivity index (χ1n) is 4.72. The summed E-state index contributed by atoms with van der Waals surface area (Å²) in [4.78, 5) is 12.4. The minimum atomic E-state index is 0.816. The molecule has 0 amide bonds. The summed E-state index contributed by atoms with van der Waals surface area (Å²) in [6.07, 6.45) is 5.15. The van der Waals surface area contributed by atoms with Crippen LogP contribution in [0.15, 0.2) is 30.9 Å². The average Bonchev–Trinajstić information content (AvgIpc) is 2.30. The fraction of sp³-hybridized carbons (Fsp3) is 0.182. The molecule has 2 aromatic heterocycles. The molecule has 0 spiro atoms. The zero-order chi connectivity index (χ0) is 10.7. The van der Waals surface area contributed by atoms with Gasteiger partial charge in [-0.3, -0.25) is 4.98 Å². The third-order valence-electron chi connectivity index (χ3n) is 2.22. The van der Waals surface area contributed by atoms with Crippen molar-refractivity contribution in [3.8, 4) is 11.3 Å². The van der Waals surface area contributed by atoms with Crippen LogP contribution in [0.1, 0.15) is 5.56 Å². The monoisotopic (exact) mass is 200 g/mol. The van der Waals surface area contributed by atoms with Crippen LogP contribution in [0.25, 0.3) is 11.3 Å². The van der Waals surface area contributed by atoms with Gasteiger partial charge in [-0.1, -0.05) is 0 Å². The second kappa shape index (κ2) is 4.04. The Hall–Kier alpha value is -1.97. The standard InChI is InChI=1S/C11H12N4/c1-8-6-13-4-3-9(8)10-5-11(12-2)15-7-14-10/h3-7H,1-2H3,(H,12,14,15). The third-order valence-corrected chi connectivity index (χ3v) is 2.22. The lowest BCUT2D eigenvalue weighted by molar-refractivity contribution is 1.15. The molecule has 0 saturated heterocycles. The van der Waals surface area contributed by atoms with E-state index < -0.39 is 0 Å². The van der Waals surface area contributed by atoms with Gasteiger partial charge in [0.1, 0.15) is 12.1 Å². The van der Waals surface area contributed by atoms with E-state index in [1.807, 2.05) is 32.3 Å². The Balaban J connectivity index is 2.49. The van der Waals surface area contributed by atoms with Crippen molar-refractivity contribution in [1.82, 2.24) is 15.0 Å². The van der Waals surface area contributed by atoms with Gasteiger partial charge in [-0.05, 0) is 18.6 Å². The molecule has 4 nitrogen and oxygen atoms in total. The van der Waals surface area contributed by atoms with Crippen molar-refractivity contribution < 1.29 is 0 Å². The topological polar surface area (TPSA) is 50.7 Å². The first kappa shape index (κ1) is 9.58. The molecule has 0 saturated carbocycles. The molecule has 2 aromatic rings. The molecule has 0 unspecified atom stereocenters. The molecular formula is C11H12N4. The van der Waals surface area contributed by atoms with Crippen LogP contribution in [0, 0.1) is 6.92 Å². The predicted octanol–water partition coefficient (Wildman–Crippen LogP) is 1.89. The molecule has 76 valence electrons. The van der Waals surface area contributed by atoms with Gasteiger partial charge >= 0.3 is 0 Å². The second-order valence-electron chi connectivity index (χ2n) is 3.23. The highest BCUT2D eigenvalue weighted by molar-refractivity contribution is 5.64. The quantitative estimate of drug-likeness (QED) is 0.804. The number of pyridine rings is 1. The Bertz CT molecular complexity index is 468. The van der Waals surface area contributed by atoms with Gasteiger partial charge in [0.15, 0.2) is 0 Å². The average molecular weight is 200 g/mol. The lowest BCUT2D eigenvalue weighted by atomic mass is 10.1. The van der Waals surface area contributed by atoms with Crippen LogP contribution in [-0.4, -0.2) is 22.0 Å². The Kier molecular flexibility index (Phi) is 2.58. The molecule has 0 fully saturated rings. The summed E-state index contributed by atoms with van der Waals surface area (Å²) < 4.78 is 0. The lowest BCUT2D eigenvalue weighted by Crippen LogP contribution is -1.95. The molecule has 2 rings (SSSR count). The van der Waals surface area contributed by atoms with E-state index >= 15 is 0 Å². The molecule has 0 aliphatic carbocycles. The summed E-state index contributed by atoms with van der Waals surface area (Å²) in [5.74, 6) is 0.816. The van der Waals surface area contributed by atoms with Crippen molar-refractivity contribution >= 4 is 5.82 Å². The maximum absolute atomic E-state index is 4.24. The van der Waals surface area contributed by atoms with Crippen molar-refractivity contribution in [2.75, 3.05) is 12.4 Å². The molecule has 0 aliphatic heterocycles. The van der Waals surface area contributed by atoms with Crippen molar-refractivity contribution in [3.05, 3.63) is 36.4 Å². The molecule has 0 bridgehead atoms. The minimum absolute atomic E-state index is 0.816. The van der Waals surface area contributed by atoms with Gasteiger partial charge < -0.3 is 5.32 Å². The summed E-state index contributed by atoms with van der Waals surface area (Å²) in [5.41, 5.74) is 3.11. The van der Waals surface area contributed by atoms with Gasteiger partial charge in [0.2, 0.25) is 0 Å². The lowest BCUT2D eigenvalue weighted by Gasteiger charge is -2.05. The largest absolute Gasteiger partial charge is 0.373 e. The van der Waals surface area contributed by atoms with Crippen molar-refractivity contribution in [2.24, 2.45) is 0 Å². The number of aryl methyl sites for hydroxylation is 1. The van der Waals surface area contributed by atoms with Crippen LogP contribution in [0.2, 0.25) is 0 Å². The Morgan fingerprint density at radius 3 is 2.87 bits per heavy atom. The van der Waals surface area contributed by atoms with Gasteiger partial charge in [-0.2, -0.15) is 0 Å². The van der Waals surface area contributed by atoms with Gasteiger partial charge in [0.05, 0.1) is 5.69 Å². The first-order chi connectivity index (χ1) is 7.31.